The topological polar surface area (TPSA) is 139 Å². The van der Waals surface area contributed by atoms with Crippen LogP contribution in [0.2, 0.25) is 0 Å². The highest BCUT2D eigenvalue weighted by Crippen LogP contribution is 2.30. The second-order valence-electron chi connectivity index (χ2n) is 5.89. The Morgan fingerprint density at radius 3 is 2.70 bits per heavy atom. The zero-order chi connectivity index (χ0) is 19.7. The SMILES string of the molecule is CC1SC(NC(=O)CCCN2C(=O)c3cccc([N+](=O)[O-])c3C2=O)=NC1=O. The van der Waals surface area contributed by atoms with Gasteiger partial charge in [-0.3, -0.25) is 34.2 Å². The zero-order valence-corrected chi connectivity index (χ0v) is 14.9. The van der Waals surface area contributed by atoms with Gasteiger partial charge < -0.3 is 5.32 Å². The van der Waals surface area contributed by atoms with E-state index >= 15 is 0 Å². The van der Waals surface area contributed by atoms with E-state index in [0.29, 0.717) is 0 Å². The van der Waals surface area contributed by atoms with E-state index in [-0.39, 0.29) is 46.8 Å². The molecule has 140 valence electrons. The lowest BCUT2D eigenvalue weighted by molar-refractivity contribution is -0.385. The zero-order valence-electron chi connectivity index (χ0n) is 14.1. The Morgan fingerprint density at radius 2 is 2.07 bits per heavy atom. The molecule has 4 amide bonds. The second-order valence-corrected chi connectivity index (χ2v) is 7.22. The van der Waals surface area contributed by atoms with Gasteiger partial charge >= 0.3 is 0 Å². The van der Waals surface area contributed by atoms with E-state index < -0.39 is 28.3 Å². The average Bonchev–Trinajstić information content (AvgIpc) is 3.05. The van der Waals surface area contributed by atoms with Crippen LogP contribution >= 0.6 is 11.8 Å². The first-order chi connectivity index (χ1) is 12.8. The third-order valence-electron chi connectivity index (χ3n) is 4.05. The Balaban J connectivity index is 1.59. The van der Waals surface area contributed by atoms with Crippen molar-refractivity contribution in [1.29, 1.82) is 0 Å². The number of amides is 4. The highest BCUT2D eigenvalue weighted by Gasteiger charge is 2.40. The maximum absolute atomic E-state index is 12.4. The van der Waals surface area contributed by atoms with E-state index in [2.05, 4.69) is 10.3 Å². The Morgan fingerprint density at radius 1 is 1.33 bits per heavy atom. The smallest absolute Gasteiger partial charge is 0.282 e. The molecule has 0 saturated heterocycles. The van der Waals surface area contributed by atoms with E-state index in [1.165, 1.54) is 18.2 Å². The highest BCUT2D eigenvalue weighted by atomic mass is 32.2. The van der Waals surface area contributed by atoms with Crippen LogP contribution < -0.4 is 5.32 Å². The Kier molecular flexibility index (Phi) is 5.04. The molecule has 0 spiro atoms. The minimum Gasteiger partial charge on any atom is -0.305 e. The summed E-state index contributed by atoms with van der Waals surface area (Å²) in [5.41, 5.74) is -0.648. The number of hydrogen-bond donors (Lipinski definition) is 1. The van der Waals surface area contributed by atoms with Crippen molar-refractivity contribution in [1.82, 2.24) is 10.2 Å². The summed E-state index contributed by atoms with van der Waals surface area (Å²) >= 11 is 1.14. The molecule has 1 N–H and O–H groups in total. The summed E-state index contributed by atoms with van der Waals surface area (Å²) in [5.74, 6) is -2.07. The average molecular weight is 390 g/mol. The number of nitrogens with one attached hydrogen (secondary N) is 1. The van der Waals surface area contributed by atoms with Crippen molar-refractivity contribution in [3.8, 4) is 0 Å². The van der Waals surface area contributed by atoms with Gasteiger partial charge in [-0.2, -0.15) is 4.99 Å². The summed E-state index contributed by atoms with van der Waals surface area (Å²) in [4.78, 5) is 62.9. The van der Waals surface area contributed by atoms with Crippen LogP contribution in [0.4, 0.5) is 5.69 Å². The number of nitrogens with zero attached hydrogens (tertiary/aromatic N) is 3. The molecule has 3 rings (SSSR count). The first-order valence-electron chi connectivity index (χ1n) is 8.02. The fourth-order valence-corrected chi connectivity index (χ4v) is 3.55. The molecule has 2 aliphatic rings. The van der Waals surface area contributed by atoms with Crippen molar-refractivity contribution in [2.24, 2.45) is 4.99 Å². The standard InChI is InChI=1S/C16H14N4O6S/c1-8-13(22)18-16(27-8)17-11(21)6-3-7-19-14(23)9-4-2-5-10(20(25)26)12(9)15(19)24/h2,4-5,8H,3,6-7H2,1H3,(H,17,18,21,22). The number of fused-ring (bicyclic) bond motifs is 1. The van der Waals surface area contributed by atoms with Crippen LogP contribution in [0.3, 0.4) is 0 Å². The summed E-state index contributed by atoms with van der Waals surface area (Å²) in [5, 5.41) is 13.5. The molecule has 1 atom stereocenters. The van der Waals surface area contributed by atoms with Crippen LogP contribution in [0.5, 0.6) is 0 Å². The first kappa shape index (κ1) is 18.7. The number of carbonyl (C=O) groups is 4. The van der Waals surface area contributed by atoms with E-state index in [1.54, 1.807) is 6.92 Å². The molecule has 1 unspecified atom stereocenters. The Hall–Kier alpha value is -3.08. The predicted molar refractivity (Wildman–Crippen MR) is 95.3 cm³/mol. The summed E-state index contributed by atoms with van der Waals surface area (Å²) < 4.78 is 0. The molecule has 27 heavy (non-hydrogen) atoms. The van der Waals surface area contributed by atoms with Crippen LogP contribution in [-0.2, 0) is 9.59 Å². The van der Waals surface area contributed by atoms with Crippen molar-refractivity contribution >= 4 is 46.2 Å². The van der Waals surface area contributed by atoms with Gasteiger partial charge in [0.1, 0.15) is 5.56 Å². The third-order valence-corrected chi connectivity index (χ3v) is 5.03. The fraction of sp³-hybridized carbons (Fsp3) is 0.312. The maximum Gasteiger partial charge on any atom is 0.282 e. The lowest BCUT2D eigenvalue weighted by Gasteiger charge is -2.13. The number of benzene rings is 1. The number of imide groups is 1. The van der Waals surface area contributed by atoms with Gasteiger partial charge in [-0.05, 0) is 19.4 Å². The van der Waals surface area contributed by atoms with Crippen LogP contribution in [0.25, 0.3) is 0 Å². The van der Waals surface area contributed by atoms with Crippen LogP contribution in [0, 0.1) is 10.1 Å². The lowest BCUT2D eigenvalue weighted by atomic mass is 10.1. The van der Waals surface area contributed by atoms with Gasteiger partial charge in [0, 0.05) is 19.0 Å². The first-order valence-corrected chi connectivity index (χ1v) is 8.90. The van der Waals surface area contributed by atoms with E-state index in [9.17, 15) is 29.3 Å². The van der Waals surface area contributed by atoms with Gasteiger partial charge in [-0.15, -0.1) is 0 Å². The van der Waals surface area contributed by atoms with Crippen molar-refractivity contribution in [2.75, 3.05) is 6.54 Å². The molecule has 0 radical (unpaired) electrons. The van der Waals surface area contributed by atoms with Gasteiger partial charge in [0.15, 0.2) is 5.17 Å². The number of nitro benzene ring substituents is 1. The van der Waals surface area contributed by atoms with Crippen molar-refractivity contribution in [3.05, 3.63) is 39.4 Å². The number of hydrogen-bond acceptors (Lipinski definition) is 7. The number of carbonyl (C=O) groups excluding carboxylic acids is 4. The minimum absolute atomic E-state index is 0.00233. The quantitative estimate of drug-likeness (QED) is 0.451. The predicted octanol–water partition coefficient (Wildman–Crippen LogP) is 1.11. The molecular formula is C16H14N4O6S. The van der Waals surface area contributed by atoms with Crippen LogP contribution in [-0.4, -0.2) is 50.4 Å². The Bertz CT molecular complexity index is 912. The molecule has 2 heterocycles. The van der Waals surface area contributed by atoms with E-state index in [1.807, 2.05) is 0 Å². The summed E-state index contributed by atoms with van der Waals surface area (Å²) in [6.07, 6.45) is 0.171. The van der Waals surface area contributed by atoms with Gasteiger partial charge in [0.2, 0.25) is 5.91 Å². The molecule has 0 saturated carbocycles. The number of nitro groups is 1. The summed E-state index contributed by atoms with van der Waals surface area (Å²) in [6, 6.07) is 3.88. The minimum atomic E-state index is -0.738. The maximum atomic E-state index is 12.4. The molecule has 11 heteroatoms. The van der Waals surface area contributed by atoms with Gasteiger partial charge in [-0.1, -0.05) is 17.8 Å². The highest BCUT2D eigenvalue weighted by molar-refractivity contribution is 8.15. The monoisotopic (exact) mass is 390 g/mol. The van der Waals surface area contributed by atoms with Gasteiger partial charge in [0.25, 0.3) is 23.4 Å². The van der Waals surface area contributed by atoms with Crippen LogP contribution in [0.15, 0.2) is 23.2 Å². The number of thioether (sulfide) groups is 1. The summed E-state index contributed by atoms with van der Waals surface area (Å²) in [7, 11) is 0. The molecule has 0 bridgehead atoms. The molecule has 0 aliphatic carbocycles. The lowest BCUT2D eigenvalue weighted by Crippen LogP contribution is -2.32. The molecular weight excluding hydrogens is 376 g/mol. The normalized spacial score (nSPS) is 18.6. The van der Waals surface area contributed by atoms with Crippen LogP contribution in [0.1, 0.15) is 40.5 Å². The third kappa shape index (κ3) is 3.58. The number of aliphatic imine (C=N–C) groups is 1. The molecule has 2 aliphatic heterocycles. The molecule has 10 nitrogen and oxygen atoms in total. The largest absolute Gasteiger partial charge is 0.305 e. The molecule has 1 aromatic carbocycles. The summed E-state index contributed by atoms with van der Waals surface area (Å²) in [6.45, 7) is 1.63. The fourth-order valence-electron chi connectivity index (χ4n) is 2.74. The Labute approximate surface area is 157 Å². The number of rotatable bonds is 5. The second kappa shape index (κ2) is 7.27. The van der Waals surface area contributed by atoms with E-state index in [0.717, 1.165) is 16.7 Å². The molecule has 1 aromatic rings. The van der Waals surface area contributed by atoms with Gasteiger partial charge in [-0.25, -0.2) is 0 Å². The van der Waals surface area contributed by atoms with Crippen molar-refractivity contribution < 1.29 is 24.1 Å². The molecule has 0 fully saturated rings. The number of amidine groups is 1. The van der Waals surface area contributed by atoms with Crippen molar-refractivity contribution in [3.63, 3.8) is 0 Å². The van der Waals surface area contributed by atoms with Crippen molar-refractivity contribution in [2.45, 2.75) is 25.0 Å². The molecule has 0 aromatic heterocycles. The van der Waals surface area contributed by atoms with E-state index in [4.69, 9.17) is 0 Å². The van der Waals surface area contributed by atoms with Gasteiger partial charge in [0.05, 0.1) is 15.7 Å².